The highest BCUT2D eigenvalue weighted by Gasteiger charge is 2.40. The van der Waals surface area contributed by atoms with Crippen LogP contribution in [0.3, 0.4) is 0 Å². The minimum Gasteiger partial charge on any atom is -0.343 e. The topological polar surface area (TPSA) is 36.4 Å². The molecule has 3 heterocycles. The maximum atomic E-state index is 12.4. The minimum atomic E-state index is 0.299. The maximum Gasteiger partial charge on any atom is 0.223 e. The molecule has 0 radical (unpaired) electrons. The summed E-state index contributed by atoms with van der Waals surface area (Å²) in [6.45, 7) is 4.90. The molecule has 0 N–H and O–H groups in total. The average molecular weight is 394 g/mol. The molecule has 0 unspecified atom stereocenters. The lowest BCUT2D eigenvalue weighted by atomic mass is 9.89. The van der Waals surface area contributed by atoms with Crippen molar-refractivity contribution in [1.29, 1.82) is 0 Å². The number of carbonyl (C=O) groups is 1. The summed E-state index contributed by atoms with van der Waals surface area (Å²) in [5, 5.41) is 0. The Balaban J connectivity index is 1.39. The van der Waals surface area contributed by atoms with Crippen LogP contribution < -0.4 is 4.48 Å². The molecule has 5 nitrogen and oxygen atoms in total. The number of hydrogen-bond donors (Lipinski definition) is 0. The number of pyridine rings is 1. The highest BCUT2D eigenvalue weighted by molar-refractivity contribution is 5.76. The molecule has 2 aliphatic rings. The molecule has 0 atom stereocenters. The lowest BCUT2D eigenvalue weighted by Crippen LogP contribution is -2.55. The van der Waals surface area contributed by atoms with E-state index in [1.807, 2.05) is 32.6 Å². The van der Waals surface area contributed by atoms with Gasteiger partial charge in [-0.2, -0.15) is 0 Å². The van der Waals surface area contributed by atoms with Crippen LogP contribution in [-0.4, -0.2) is 67.5 Å². The second kappa shape index (κ2) is 8.64. The van der Waals surface area contributed by atoms with Crippen LogP contribution in [0.25, 0.3) is 0 Å². The third-order valence-corrected chi connectivity index (χ3v) is 6.70. The fourth-order valence-corrected chi connectivity index (χ4v) is 4.72. The molecule has 2 saturated heterocycles. The largest absolute Gasteiger partial charge is 0.343 e. The summed E-state index contributed by atoms with van der Waals surface area (Å²) in [4.78, 5) is 20.8. The lowest BCUT2D eigenvalue weighted by molar-refractivity contribution is -0.132. The van der Waals surface area contributed by atoms with Gasteiger partial charge in [0.25, 0.3) is 0 Å². The van der Waals surface area contributed by atoms with Crippen molar-refractivity contribution in [3.05, 3.63) is 54.4 Å². The number of carbonyl (C=O) groups excluding carboxylic acids is 1. The molecule has 4 rings (SSSR count). The molecule has 0 bridgehead atoms. The van der Waals surface area contributed by atoms with Crippen molar-refractivity contribution in [2.45, 2.75) is 31.6 Å². The number of piperidine rings is 1. The van der Waals surface area contributed by atoms with Crippen molar-refractivity contribution in [1.82, 2.24) is 19.3 Å². The monoisotopic (exact) mass is 393 g/mol. The second-order valence-electron chi connectivity index (χ2n) is 8.78. The first-order chi connectivity index (χ1) is 14.1. The Hall–Kier alpha value is -2.24. The molecule has 1 amide bonds. The van der Waals surface area contributed by atoms with E-state index in [4.69, 9.17) is 0 Å². The van der Waals surface area contributed by atoms with Crippen LogP contribution in [0.5, 0.6) is 0 Å². The molecule has 2 fully saturated rings. The highest BCUT2D eigenvalue weighted by Crippen LogP contribution is 2.40. The Morgan fingerprint density at radius 1 is 1.10 bits per heavy atom. The van der Waals surface area contributed by atoms with Crippen LogP contribution >= 0.6 is 0 Å². The van der Waals surface area contributed by atoms with E-state index in [0.717, 1.165) is 50.0 Å². The number of hydrogen-bond acceptors (Lipinski definition) is 3. The smallest absolute Gasteiger partial charge is 0.223 e. The van der Waals surface area contributed by atoms with Crippen molar-refractivity contribution in [2.75, 3.05) is 46.8 Å². The van der Waals surface area contributed by atoms with E-state index in [2.05, 4.69) is 45.1 Å². The van der Waals surface area contributed by atoms with Gasteiger partial charge in [-0.05, 0) is 56.6 Å². The zero-order valence-corrected chi connectivity index (χ0v) is 17.8. The standard InChI is InChI=1S/C24H33N4O/c1-26(2)14-12-24(29)27-15-10-21(11-16-27)20-6-8-22(9-7-20)28(17-4-18-28)23-5-3-13-25-19-23/h3,5-9,13,19,21H,4,10-12,14-18H2,1-2H3/q+1. The van der Waals surface area contributed by atoms with Crippen LogP contribution in [0, 0.1) is 0 Å². The molecular weight excluding hydrogens is 360 g/mol. The van der Waals surface area contributed by atoms with Gasteiger partial charge < -0.3 is 9.80 Å². The van der Waals surface area contributed by atoms with E-state index in [1.54, 1.807) is 0 Å². The molecule has 1 aromatic heterocycles. The first kappa shape index (κ1) is 20.0. The van der Waals surface area contributed by atoms with Gasteiger partial charge >= 0.3 is 0 Å². The molecule has 2 aromatic rings. The number of quaternary nitrogens is 1. The Morgan fingerprint density at radius 2 is 1.83 bits per heavy atom. The van der Waals surface area contributed by atoms with Crippen molar-refractivity contribution < 1.29 is 4.79 Å². The van der Waals surface area contributed by atoms with Crippen LogP contribution in [0.15, 0.2) is 48.8 Å². The van der Waals surface area contributed by atoms with Crippen LogP contribution in [0.1, 0.15) is 37.2 Å². The summed E-state index contributed by atoms with van der Waals surface area (Å²) < 4.78 is 0.924. The summed E-state index contributed by atoms with van der Waals surface area (Å²) >= 11 is 0. The van der Waals surface area contributed by atoms with Gasteiger partial charge in [0.2, 0.25) is 5.91 Å². The van der Waals surface area contributed by atoms with Gasteiger partial charge in [0.1, 0.15) is 5.69 Å². The first-order valence-electron chi connectivity index (χ1n) is 10.9. The predicted molar refractivity (Wildman–Crippen MR) is 118 cm³/mol. The van der Waals surface area contributed by atoms with E-state index < -0.39 is 0 Å². The van der Waals surface area contributed by atoms with Crippen molar-refractivity contribution >= 4 is 17.3 Å². The normalized spacial score (nSPS) is 19.2. The molecule has 2 aliphatic heterocycles. The number of amides is 1. The van der Waals surface area contributed by atoms with Gasteiger partial charge in [-0.25, -0.2) is 0 Å². The fourth-order valence-electron chi connectivity index (χ4n) is 4.72. The number of rotatable bonds is 6. The average Bonchev–Trinajstić information content (AvgIpc) is 2.73. The summed E-state index contributed by atoms with van der Waals surface area (Å²) in [5.74, 6) is 0.860. The SMILES string of the molecule is CN(C)CCC(=O)N1CCC(c2ccc([N+]3(c4cccnc4)CCC3)cc2)CC1. The fraction of sp³-hybridized carbons (Fsp3) is 0.500. The third-order valence-electron chi connectivity index (χ3n) is 6.70. The third kappa shape index (κ3) is 4.21. The van der Waals surface area contributed by atoms with E-state index in [0.29, 0.717) is 18.2 Å². The van der Waals surface area contributed by atoms with Gasteiger partial charge in [-0.3, -0.25) is 14.3 Å². The maximum absolute atomic E-state index is 12.4. The van der Waals surface area contributed by atoms with Crippen LogP contribution in [0.2, 0.25) is 0 Å². The Bertz CT molecular complexity index is 807. The molecule has 0 aliphatic carbocycles. The summed E-state index contributed by atoms with van der Waals surface area (Å²) in [5.41, 5.74) is 4.07. The number of nitrogens with zero attached hydrogens (tertiary/aromatic N) is 4. The molecule has 0 saturated carbocycles. The van der Waals surface area contributed by atoms with Gasteiger partial charge in [-0.15, -0.1) is 0 Å². The molecule has 29 heavy (non-hydrogen) atoms. The quantitative estimate of drug-likeness (QED) is 0.701. The van der Waals surface area contributed by atoms with Crippen molar-refractivity contribution in [3.8, 4) is 0 Å². The summed E-state index contributed by atoms with van der Waals surface area (Å²) in [6, 6.07) is 13.5. The van der Waals surface area contributed by atoms with Gasteiger partial charge in [0, 0.05) is 44.7 Å². The van der Waals surface area contributed by atoms with Gasteiger partial charge in [0.05, 0.1) is 19.3 Å². The Kier molecular flexibility index (Phi) is 5.97. The van der Waals surface area contributed by atoms with Gasteiger partial charge in [0.15, 0.2) is 5.69 Å². The molecule has 0 spiro atoms. The van der Waals surface area contributed by atoms with Crippen LogP contribution in [-0.2, 0) is 4.79 Å². The van der Waals surface area contributed by atoms with Crippen molar-refractivity contribution in [2.24, 2.45) is 0 Å². The molecule has 5 heteroatoms. The van der Waals surface area contributed by atoms with E-state index >= 15 is 0 Å². The number of benzene rings is 1. The van der Waals surface area contributed by atoms with Crippen molar-refractivity contribution in [3.63, 3.8) is 0 Å². The summed E-state index contributed by atoms with van der Waals surface area (Å²) in [7, 11) is 4.04. The summed E-state index contributed by atoms with van der Waals surface area (Å²) in [6.07, 6.45) is 7.87. The Labute approximate surface area is 174 Å². The first-order valence-corrected chi connectivity index (χ1v) is 10.9. The zero-order valence-electron chi connectivity index (χ0n) is 17.8. The van der Waals surface area contributed by atoms with E-state index in [1.165, 1.54) is 23.4 Å². The van der Waals surface area contributed by atoms with E-state index in [9.17, 15) is 4.79 Å². The predicted octanol–water partition coefficient (Wildman–Crippen LogP) is 3.78. The number of likely N-dealkylation sites (tertiary alicyclic amines) is 1. The Morgan fingerprint density at radius 3 is 2.38 bits per heavy atom. The van der Waals surface area contributed by atoms with Gasteiger partial charge in [-0.1, -0.05) is 12.1 Å². The van der Waals surface area contributed by atoms with E-state index in [-0.39, 0.29) is 0 Å². The highest BCUT2D eigenvalue weighted by atomic mass is 16.2. The number of aromatic nitrogens is 1. The zero-order chi connectivity index (χ0) is 20.3. The second-order valence-corrected chi connectivity index (χ2v) is 8.78. The van der Waals surface area contributed by atoms with Crippen LogP contribution in [0.4, 0.5) is 11.4 Å². The lowest BCUT2D eigenvalue weighted by Gasteiger charge is -2.44. The molecule has 1 aromatic carbocycles. The minimum absolute atomic E-state index is 0.299. The molecular formula is C24H33N4O+. The molecule has 154 valence electrons.